The van der Waals surface area contributed by atoms with Crippen molar-refractivity contribution in [3.05, 3.63) is 0 Å². The maximum atomic E-state index is 11.6. The number of carbonyl (C=O) groups excluding carboxylic acids is 1. The molecule has 0 unspecified atom stereocenters. The van der Waals surface area contributed by atoms with Gasteiger partial charge in [-0.3, -0.25) is 0 Å². The van der Waals surface area contributed by atoms with Crippen LogP contribution in [0.25, 0.3) is 0 Å². The van der Waals surface area contributed by atoms with Crippen molar-refractivity contribution in [3.8, 4) is 6.07 Å². The lowest BCUT2D eigenvalue weighted by Crippen LogP contribution is -2.52. The first kappa shape index (κ1) is 13.8. The second-order valence-electron chi connectivity index (χ2n) is 5.54. The summed E-state index contributed by atoms with van der Waals surface area (Å²) in [6, 6.07) is 2.10. The molecule has 0 radical (unpaired) electrons. The Labute approximate surface area is 103 Å². The van der Waals surface area contributed by atoms with Crippen LogP contribution in [0.3, 0.4) is 0 Å². The highest BCUT2D eigenvalue weighted by Gasteiger charge is 2.30. The number of piperidine rings is 1. The molecule has 1 heterocycles. The Hall–Kier alpha value is -1.28. The zero-order chi connectivity index (χ0) is 13.1. The zero-order valence-corrected chi connectivity index (χ0v) is 11.0. The molecule has 1 N–H and O–H groups in total. The second kappa shape index (κ2) is 5.37. The number of nitrogens with zero attached hydrogens (tertiary/aromatic N) is 2. The van der Waals surface area contributed by atoms with Gasteiger partial charge in [0.05, 0.1) is 18.0 Å². The first-order valence-electron chi connectivity index (χ1n) is 5.89. The normalized spacial score (nSPS) is 26.1. The van der Waals surface area contributed by atoms with Crippen molar-refractivity contribution in [3.63, 3.8) is 0 Å². The molecule has 0 aromatic carbocycles. The lowest BCUT2D eigenvalue weighted by molar-refractivity contribution is 0.0461. The lowest BCUT2D eigenvalue weighted by atomic mass is 9.93. The summed E-state index contributed by atoms with van der Waals surface area (Å²) in [5.74, 6) is -0.126. The van der Waals surface area contributed by atoms with E-state index in [9.17, 15) is 4.79 Å². The van der Waals surface area contributed by atoms with Gasteiger partial charge in [0.1, 0.15) is 5.60 Å². The summed E-state index contributed by atoms with van der Waals surface area (Å²) < 4.78 is 5.19. The Balaban J connectivity index is 2.53. The van der Waals surface area contributed by atoms with Crippen LogP contribution in [0.15, 0.2) is 0 Å². The van der Waals surface area contributed by atoms with E-state index >= 15 is 0 Å². The van der Waals surface area contributed by atoms with E-state index in [1.807, 2.05) is 27.8 Å². The van der Waals surface area contributed by atoms with Gasteiger partial charge < -0.3 is 15.0 Å². The van der Waals surface area contributed by atoms with Crippen molar-refractivity contribution in [1.29, 1.82) is 5.26 Å². The number of amides is 1. The fraction of sp³-hybridized carbons (Fsp3) is 0.833. The van der Waals surface area contributed by atoms with Crippen LogP contribution in [-0.2, 0) is 4.74 Å². The molecular weight excluding hydrogens is 218 g/mol. The van der Waals surface area contributed by atoms with Crippen molar-refractivity contribution in [2.75, 3.05) is 20.1 Å². The van der Waals surface area contributed by atoms with E-state index in [0.29, 0.717) is 6.54 Å². The Morgan fingerprint density at radius 3 is 2.71 bits per heavy atom. The van der Waals surface area contributed by atoms with E-state index in [1.165, 1.54) is 0 Å². The van der Waals surface area contributed by atoms with Crippen molar-refractivity contribution in [2.45, 2.75) is 38.8 Å². The summed E-state index contributed by atoms with van der Waals surface area (Å²) in [5.41, 5.74) is -0.507. The molecule has 1 saturated heterocycles. The molecule has 96 valence electrons. The van der Waals surface area contributed by atoms with Crippen LogP contribution < -0.4 is 5.32 Å². The summed E-state index contributed by atoms with van der Waals surface area (Å²) >= 11 is 0. The zero-order valence-electron chi connectivity index (χ0n) is 11.0. The van der Waals surface area contributed by atoms with Crippen LogP contribution in [0, 0.1) is 17.2 Å². The molecule has 1 rings (SSSR count). The van der Waals surface area contributed by atoms with Crippen molar-refractivity contribution in [2.24, 2.45) is 5.92 Å². The molecule has 5 nitrogen and oxygen atoms in total. The topological polar surface area (TPSA) is 65.4 Å². The maximum Gasteiger partial charge on any atom is 0.407 e. The monoisotopic (exact) mass is 239 g/mol. The summed E-state index contributed by atoms with van der Waals surface area (Å²) in [4.78, 5) is 13.7. The third-order valence-electron chi connectivity index (χ3n) is 2.68. The molecule has 0 bridgehead atoms. The SMILES string of the molecule is CN1CC[C@@H](C#N)[C@H](NC(=O)OC(C)(C)C)C1. The van der Waals surface area contributed by atoms with Crippen LogP contribution in [0.4, 0.5) is 4.79 Å². The number of nitriles is 1. The average Bonchev–Trinajstić information content (AvgIpc) is 2.14. The van der Waals surface area contributed by atoms with Crippen LogP contribution in [0.2, 0.25) is 0 Å². The molecule has 1 aliphatic rings. The Kier molecular flexibility index (Phi) is 4.35. The van der Waals surface area contributed by atoms with Crippen molar-refractivity contribution < 1.29 is 9.53 Å². The van der Waals surface area contributed by atoms with Gasteiger partial charge in [-0.15, -0.1) is 0 Å². The van der Waals surface area contributed by atoms with Gasteiger partial charge in [-0.25, -0.2) is 4.79 Å². The lowest BCUT2D eigenvalue weighted by Gasteiger charge is -2.34. The Morgan fingerprint density at radius 2 is 2.18 bits per heavy atom. The van der Waals surface area contributed by atoms with Gasteiger partial charge >= 0.3 is 6.09 Å². The van der Waals surface area contributed by atoms with Gasteiger partial charge in [0.2, 0.25) is 0 Å². The van der Waals surface area contributed by atoms with E-state index in [1.54, 1.807) is 0 Å². The number of likely N-dealkylation sites (N-methyl/N-ethyl adjacent to an activating group) is 1. The largest absolute Gasteiger partial charge is 0.444 e. The smallest absolute Gasteiger partial charge is 0.407 e. The number of alkyl carbamates (subject to hydrolysis) is 1. The van der Waals surface area contributed by atoms with Crippen molar-refractivity contribution in [1.82, 2.24) is 10.2 Å². The van der Waals surface area contributed by atoms with E-state index in [4.69, 9.17) is 10.00 Å². The highest BCUT2D eigenvalue weighted by atomic mass is 16.6. The molecule has 1 aliphatic heterocycles. The highest BCUT2D eigenvalue weighted by Crippen LogP contribution is 2.16. The van der Waals surface area contributed by atoms with E-state index in [2.05, 4.69) is 16.3 Å². The number of hydrogen-bond donors (Lipinski definition) is 1. The van der Waals surface area contributed by atoms with E-state index < -0.39 is 11.7 Å². The third kappa shape index (κ3) is 4.61. The van der Waals surface area contributed by atoms with Crippen LogP contribution in [-0.4, -0.2) is 42.8 Å². The predicted octanol–water partition coefficient (Wildman–Crippen LogP) is 1.35. The minimum absolute atomic E-state index is 0.126. The van der Waals surface area contributed by atoms with Crippen molar-refractivity contribution >= 4 is 6.09 Å². The summed E-state index contributed by atoms with van der Waals surface area (Å²) in [6.45, 7) is 7.05. The molecule has 5 heteroatoms. The summed E-state index contributed by atoms with van der Waals surface area (Å²) in [5, 5.41) is 11.8. The van der Waals surface area contributed by atoms with E-state index in [0.717, 1.165) is 13.0 Å². The van der Waals surface area contributed by atoms with Crippen LogP contribution in [0.5, 0.6) is 0 Å². The van der Waals surface area contributed by atoms with E-state index in [-0.39, 0.29) is 12.0 Å². The van der Waals surface area contributed by atoms with Gasteiger partial charge in [-0.1, -0.05) is 0 Å². The third-order valence-corrected chi connectivity index (χ3v) is 2.68. The molecule has 1 amide bonds. The van der Waals surface area contributed by atoms with Gasteiger partial charge in [0, 0.05) is 6.54 Å². The predicted molar refractivity (Wildman–Crippen MR) is 64.4 cm³/mol. The number of rotatable bonds is 1. The fourth-order valence-corrected chi connectivity index (χ4v) is 1.87. The molecule has 0 aromatic rings. The fourth-order valence-electron chi connectivity index (χ4n) is 1.87. The molecule has 17 heavy (non-hydrogen) atoms. The average molecular weight is 239 g/mol. The highest BCUT2D eigenvalue weighted by molar-refractivity contribution is 5.68. The minimum atomic E-state index is -0.507. The number of nitrogens with one attached hydrogen (secondary N) is 1. The molecule has 0 saturated carbocycles. The first-order chi connectivity index (χ1) is 7.81. The number of hydrogen-bond acceptors (Lipinski definition) is 4. The maximum absolute atomic E-state index is 11.6. The molecule has 0 aliphatic carbocycles. The Morgan fingerprint density at radius 1 is 1.53 bits per heavy atom. The molecule has 2 atom stereocenters. The van der Waals surface area contributed by atoms with Gasteiger partial charge in [0.25, 0.3) is 0 Å². The summed E-state index contributed by atoms with van der Waals surface area (Å²) in [7, 11) is 1.98. The Bertz CT molecular complexity index is 317. The van der Waals surface area contributed by atoms with Gasteiger partial charge in [-0.2, -0.15) is 5.26 Å². The quantitative estimate of drug-likeness (QED) is 0.750. The minimum Gasteiger partial charge on any atom is -0.444 e. The summed E-state index contributed by atoms with van der Waals surface area (Å²) in [6.07, 6.45) is 0.339. The van der Waals surface area contributed by atoms with Gasteiger partial charge in [0.15, 0.2) is 0 Å². The van der Waals surface area contributed by atoms with Crippen LogP contribution >= 0.6 is 0 Å². The standard InChI is InChI=1S/C12H21N3O2/c1-12(2,3)17-11(16)14-10-8-15(4)6-5-9(10)7-13/h9-10H,5-6,8H2,1-4H3,(H,14,16)/t9-,10+/m0/s1. The van der Waals surface area contributed by atoms with Crippen LogP contribution in [0.1, 0.15) is 27.2 Å². The molecular formula is C12H21N3O2. The first-order valence-corrected chi connectivity index (χ1v) is 5.89. The van der Waals surface area contributed by atoms with Gasteiger partial charge in [-0.05, 0) is 40.8 Å². The molecule has 0 aromatic heterocycles. The second-order valence-corrected chi connectivity index (χ2v) is 5.54. The number of ether oxygens (including phenoxy) is 1. The molecule has 1 fully saturated rings. The molecule has 0 spiro atoms. The number of carbonyl (C=O) groups is 1. The number of likely N-dealkylation sites (tertiary alicyclic amines) is 1.